The quantitative estimate of drug-likeness (QED) is 0.580. The van der Waals surface area contributed by atoms with Crippen molar-refractivity contribution in [2.24, 2.45) is 11.8 Å². The van der Waals surface area contributed by atoms with Crippen LogP contribution >= 0.6 is 0 Å². The number of benzene rings is 2. The van der Waals surface area contributed by atoms with Crippen molar-refractivity contribution in [3.05, 3.63) is 82.4 Å². The van der Waals surface area contributed by atoms with Crippen LogP contribution in [0.15, 0.2) is 65.7 Å². The van der Waals surface area contributed by atoms with E-state index in [-0.39, 0.29) is 17.9 Å². The first-order chi connectivity index (χ1) is 14.2. The lowest BCUT2D eigenvalue weighted by atomic mass is 9.79. The van der Waals surface area contributed by atoms with Crippen molar-refractivity contribution in [2.45, 2.75) is 39.0 Å². The highest BCUT2D eigenvalue weighted by molar-refractivity contribution is 5.86. The number of carboxylic acids is 1. The minimum absolute atomic E-state index is 0.0315. The number of carboxylic acid groups (broad SMARTS) is 1. The van der Waals surface area contributed by atoms with E-state index in [0.29, 0.717) is 25.0 Å². The number of alkyl halides is 3. The van der Waals surface area contributed by atoms with Gasteiger partial charge in [-0.05, 0) is 61.8 Å². The van der Waals surface area contributed by atoms with Crippen LogP contribution in [0, 0.1) is 11.8 Å². The van der Waals surface area contributed by atoms with Gasteiger partial charge in [0.1, 0.15) is 0 Å². The summed E-state index contributed by atoms with van der Waals surface area (Å²) in [6.07, 6.45) is -3.40. The Bertz CT molecular complexity index is 902. The highest BCUT2D eigenvalue weighted by Crippen LogP contribution is 2.43. The van der Waals surface area contributed by atoms with Gasteiger partial charge in [-0.3, -0.25) is 0 Å². The molecule has 0 aliphatic carbocycles. The molecule has 0 amide bonds. The zero-order valence-electron chi connectivity index (χ0n) is 16.9. The Balaban J connectivity index is 1.85. The predicted octanol–water partition coefficient (Wildman–Crippen LogP) is 6.06. The van der Waals surface area contributed by atoms with Gasteiger partial charge >= 0.3 is 12.1 Å². The van der Waals surface area contributed by atoms with Crippen molar-refractivity contribution in [2.75, 3.05) is 6.61 Å². The van der Waals surface area contributed by atoms with Crippen molar-refractivity contribution in [3.8, 4) is 0 Å². The van der Waals surface area contributed by atoms with Crippen LogP contribution in [0.1, 0.15) is 43.1 Å². The second-order valence-electron chi connectivity index (χ2n) is 7.90. The second-order valence-corrected chi connectivity index (χ2v) is 7.90. The lowest BCUT2D eigenvalue weighted by molar-refractivity contribution is -0.137. The van der Waals surface area contributed by atoms with E-state index in [0.717, 1.165) is 28.8 Å². The van der Waals surface area contributed by atoms with Gasteiger partial charge in [0.25, 0.3) is 0 Å². The van der Waals surface area contributed by atoms with Crippen LogP contribution in [-0.2, 0) is 22.1 Å². The molecule has 1 aliphatic heterocycles. The third-order valence-corrected chi connectivity index (χ3v) is 5.89. The monoisotopic (exact) mass is 418 g/mol. The van der Waals surface area contributed by atoms with Gasteiger partial charge in [0.05, 0.1) is 18.3 Å². The summed E-state index contributed by atoms with van der Waals surface area (Å²) in [6.45, 7) is 3.89. The van der Waals surface area contributed by atoms with Gasteiger partial charge in [0.15, 0.2) is 0 Å². The third kappa shape index (κ3) is 5.11. The Morgan fingerprint density at radius 1 is 1.07 bits per heavy atom. The van der Waals surface area contributed by atoms with Crippen molar-refractivity contribution in [1.82, 2.24) is 0 Å². The number of halogens is 3. The maximum Gasteiger partial charge on any atom is 0.416 e. The molecule has 30 heavy (non-hydrogen) atoms. The molecular weight excluding hydrogens is 393 g/mol. The number of rotatable bonds is 6. The normalized spacial score (nSPS) is 22.6. The minimum atomic E-state index is -4.35. The summed E-state index contributed by atoms with van der Waals surface area (Å²) < 4.78 is 44.6. The zero-order chi connectivity index (χ0) is 21.9. The van der Waals surface area contributed by atoms with Gasteiger partial charge in [-0.25, -0.2) is 4.79 Å². The highest BCUT2D eigenvalue weighted by Gasteiger charge is 2.38. The Labute approximate surface area is 174 Å². The van der Waals surface area contributed by atoms with Crippen LogP contribution in [0.3, 0.4) is 0 Å². The summed E-state index contributed by atoms with van der Waals surface area (Å²) in [6, 6.07) is 15.0. The minimum Gasteiger partial charge on any atom is -0.478 e. The van der Waals surface area contributed by atoms with E-state index in [4.69, 9.17) is 4.74 Å². The fraction of sp³-hybridized carbons (Fsp3) is 0.375. The van der Waals surface area contributed by atoms with E-state index in [1.165, 1.54) is 12.1 Å². The molecule has 160 valence electrons. The molecule has 0 bridgehead atoms. The number of hydrogen-bond donors (Lipinski definition) is 1. The van der Waals surface area contributed by atoms with Crippen LogP contribution in [0.4, 0.5) is 13.2 Å². The van der Waals surface area contributed by atoms with E-state index in [1.807, 2.05) is 37.3 Å². The topological polar surface area (TPSA) is 46.5 Å². The predicted molar refractivity (Wildman–Crippen MR) is 108 cm³/mol. The molecular formula is C24H25F3O3. The summed E-state index contributed by atoms with van der Waals surface area (Å²) in [5, 5.41) is 9.32. The van der Waals surface area contributed by atoms with Gasteiger partial charge in [-0.15, -0.1) is 0 Å². The third-order valence-electron chi connectivity index (χ3n) is 5.89. The molecule has 2 aromatic rings. The summed E-state index contributed by atoms with van der Waals surface area (Å²) in [7, 11) is 0. The van der Waals surface area contributed by atoms with Crippen molar-refractivity contribution in [1.29, 1.82) is 0 Å². The zero-order valence-corrected chi connectivity index (χ0v) is 16.9. The van der Waals surface area contributed by atoms with Crippen LogP contribution in [0.2, 0.25) is 0 Å². The Kier molecular flexibility index (Phi) is 6.66. The van der Waals surface area contributed by atoms with E-state index in [1.54, 1.807) is 6.92 Å². The Hall–Kier alpha value is -2.60. The Morgan fingerprint density at radius 3 is 2.27 bits per heavy atom. The average Bonchev–Trinajstić information content (AvgIpc) is 3.09. The maximum atomic E-state index is 12.8. The first-order valence-corrected chi connectivity index (χ1v) is 9.89. The molecule has 1 saturated heterocycles. The fourth-order valence-electron chi connectivity index (χ4n) is 4.01. The van der Waals surface area contributed by atoms with E-state index < -0.39 is 17.7 Å². The lowest BCUT2D eigenvalue weighted by Crippen LogP contribution is -2.19. The van der Waals surface area contributed by atoms with Gasteiger partial charge in [0, 0.05) is 5.57 Å². The summed E-state index contributed by atoms with van der Waals surface area (Å²) in [5.41, 5.74) is 2.28. The summed E-state index contributed by atoms with van der Waals surface area (Å²) >= 11 is 0. The molecule has 0 radical (unpaired) electrons. The van der Waals surface area contributed by atoms with Gasteiger partial charge in [-0.2, -0.15) is 13.2 Å². The van der Waals surface area contributed by atoms with Crippen molar-refractivity contribution in [3.63, 3.8) is 0 Å². The molecule has 1 fully saturated rings. The average molecular weight is 418 g/mol. The molecule has 0 aromatic heterocycles. The van der Waals surface area contributed by atoms with Gasteiger partial charge in [-0.1, -0.05) is 48.0 Å². The molecule has 3 nitrogen and oxygen atoms in total. The number of aliphatic carboxylic acids is 1. The maximum absolute atomic E-state index is 12.8. The van der Waals surface area contributed by atoms with Gasteiger partial charge < -0.3 is 9.84 Å². The van der Waals surface area contributed by atoms with Crippen molar-refractivity contribution < 1.29 is 27.8 Å². The fourth-order valence-corrected chi connectivity index (χ4v) is 4.01. The second kappa shape index (κ2) is 9.04. The first-order valence-electron chi connectivity index (χ1n) is 9.89. The van der Waals surface area contributed by atoms with Crippen LogP contribution in [-0.4, -0.2) is 17.7 Å². The van der Waals surface area contributed by atoms with Crippen molar-refractivity contribution >= 4 is 5.97 Å². The van der Waals surface area contributed by atoms with E-state index in [2.05, 4.69) is 0 Å². The molecule has 1 N–H and O–H groups in total. The number of allylic oxidation sites excluding steroid dienone is 1. The molecule has 1 aliphatic rings. The molecule has 2 aromatic carbocycles. The molecule has 3 rings (SSSR count). The van der Waals surface area contributed by atoms with Gasteiger partial charge in [0.2, 0.25) is 0 Å². The molecule has 0 saturated carbocycles. The summed E-state index contributed by atoms with van der Waals surface area (Å²) in [4.78, 5) is 11.4. The largest absolute Gasteiger partial charge is 0.478 e. The molecule has 1 heterocycles. The number of ether oxygens (including phenoxy) is 1. The van der Waals surface area contributed by atoms with Crippen LogP contribution in [0.5, 0.6) is 0 Å². The standard InChI is InChI=1S/C24H25F3O3/c1-15(16(2)23(28)29)12-21-19(14-30-22(21)18-6-4-3-5-7-18)13-17-8-10-20(11-9-17)24(25,26)27/h3-11,19,21-22H,12-14H2,1-2H3,(H,28,29)/b16-15-/t19-,21+,22+/m0/s1. The molecule has 0 spiro atoms. The smallest absolute Gasteiger partial charge is 0.416 e. The number of hydrogen-bond acceptors (Lipinski definition) is 2. The van der Waals surface area contributed by atoms with Crippen LogP contribution < -0.4 is 0 Å². The molecule has 6 heteroatoms. The Morgan fingerprint density at radius 2 is 1.70 bits per heavy atom. The highest BCUT2D eigenvalue weighted by atomic mass is 19.4. The lowest BCUT2D eigenvalue weighted by Gasteiger charge is -2.24. The summed E-state index contributed by atoms with van der Waals surface area (Å²) in [5.74, 6) is -0.838. The van der Waals surface area contributed by atoms with Crippen LogP contribution in [0.25, 0.3) is 0 Å². The van der Waals surface area contributed by atoms with E-state index >= 15 is 0 Å². The molecule has 3 atom stereocenters. The SMILES string of the molecule is C/C(C[C@@H]1[C@@H](Cc2ccc(C(F)(F)F)cc2)CO[C@@H]1c1ccccc1)=C(\C)C(=O)O. The van der Waals surface area contributed by atoms with E-state index in [9.17, 15) is 23.1 Å². The first kappa shape index (κ1) is 22.1. The molecule has 0 unspecified atom stereocenters. The number of carbonyl (C=O) groups is 1.